The monoisotopic (exact) mass is 783 g/mol. The fourth-order valence-corrected chi connectivity index (χ4v) is 7.57. The number of piperidine rings is 1. The van der Waals surface area contributed by atoms with Gasteiger partial charge in [-0.05, 0) is 96.0 Å². The molecule has 2 aliphatic rings. The van der Waals surface area contributed by atoms with Crippen molar-refractivity contribution < 1.29 is 24.1 Å². The maximum atomic E-state index is 15.2. The summed E-state index contributed by atoms with van der Waals surface area (Å²) in [5.74, 6) is 0.0670. The third-order valence-corrected chi connectivity index (χ3v) is 10.6. The van der Waals surface area contributed by atoms with E-state index in [9.17, 15) is 14.9 Å². The lowest BCUT2D eigenvalue weighted by molar-refractivity contribution is -0.123. The van der Waals surface area contributed by atoms with Gasteiger partial charge >= 0.3 is 7.48 Å². The van der Waals surface area contributed by atoms with Gasteiger partial charge < -0.3 is 20.2 Å². The number of aliphatic hydroxyl groups excluding tert-OH is 1. The molecule has 10 nitrogen and oxygen atoms in total. The van der Waals surface area contributed by atoms with Crippen molar-refractivity contribution in [3.8, 4) is 16.9 Å². The number of aliphatic imine (C=N–C) groups is 1. The molecule has 1 unspecified atom stereocenters. The Morgan fingerprint density at radius 3 is 2.46 bits per heavy atom. The Morgan fingerprint density at radius 2 is 1.72 bits per heavy atom. The minimum Gasteiger partial charge on any atom is -0.484 e. The van der Waals surface area contributed by atoms with E-state index in [4.69, 9.17) is 32.1 Å². The molecule has 0 spiro atoms. The molecule has 0 aliphatic carbocycles. The van der Waals surface area contributed by atoms with Gasteiger partial charge in [0.2, 0.25) is 0 Å². The molecule has 0 aromatic heterocycles. The van der Waals surface area contributed by atoms with Crippen LogP contribution in [0, 0.1) is 16.6 Å². The second-order valence-electron chi connectivity index (χ2n) is 14.2. The Hall–Kier alpha value is -5.66. The lowest BCUT2D eigenvalue weighted by atomic mass is 9.86. The average molecular weight is 784 g/mol. The van der Waals surface area contributed by atoms with Crippen molar-refractivity contribution in [3.63, 3.8) is 0 Å². The molecule has 289 valence electrons. The number of amides is 1. The molecule has 2 aliphatic heterocycles. The standard InChI is InChI=1S/C44H42BClFN6O4/c1-27(48)53-40-15-13-36(23-38(40)43(51-25-41(53)49)30-9-11-35(46)12-10-30)57-26-42(54)50-24-28-8-14-39(47)37(20-28)29-16-18-52(19-17-29)44(55)33-6-2-4-31(21-33)32-5-3-7-34(22-32)45-56/h2-15,20-23,29,44,48-49,55-56H,16-19,24-26H2,1H3,(H,50,54). The number of ether oxygens (including phenoxy) is 1. The van der Waals surface area contributed by atoms with E-state index in [0.717, 1.165) is 35.3 Å². The molecule has 1 atom stereocenters. The molecule has 13 heteroatoms. The van der Waals surface area contributed by atoms with Crippen LogP contribution in [-0.4, -0.2) is 72.0 Å². The lowest BCUT2D eigenvalue weighted by Gasteiger charge is -2.35. The van der Waals surface area contributed by atoms with E-state index in [2.05, 4.69) is 5.32 Å². The highest BCUT2D eigenvalue weighted by Gasteiger charge is 2.28. The minimum absolute atomic E-state index is 0.0400. The van der Waals surface area contributed by atoms with Crippen LogP contribution in [0.25, 0.3) is 11.1 Å². The Bertz CT molecular complexity index is 2330. The summed E-state index contributed by atoms with van der Waals surface area (Å²) < 4.78 is 21.1. The zero-order valence-corrected chi connectivity index (χ0v) is 32.1. The largest absolute Gasteiger partial charge is 0.484 e. The van der Waals surface area contributed by atoms with E-state index < -0.39 is 6.23 Å². The number of fused-ring (bicyclic) bond motifs is 1. The number of aliphatic hydroxyl groups is 1. The van der Waals surface area contributed by atoms with Gasteiger partial charge in [-0.25, -0.2) is 4.39 Å². The summed E-state index contributed by atoms with van der Waals surface area (Å²) in [5, 5.41) is 41.1. The van der Waals surface area contributed by atoms with Crippen molar-refractivity contribution in [3.05, 3.63) is 148 Å². The van der Waals surface area contributed by atoms with Gasteiger partial charge in [-0.1, -0.05) is 83.8 Å². The summed E-state index contributed by atoms with van der Waals surface area (Å²) in [7, 11) is 1.06. The maximum Gasteiger partial charge on any atom is 0.326 e. The summed E-state index contributed by atoms with van der Waals surface area (Å²) in [6, 6.07) is 32.6. The fourth-order valence-electron chi connectivity index (χ4n) is 7.44. The van der Waals surface area contributed by atoms with Gasteiger partial charge in [0.15, 0.2) is 6.61 Å². The van der Waals surface area contributed by atoms with Gasteiger partial charge in [0.05, 0.1) is 17.9 Å². The molecule has 5 N–H and O–H groups in total. The summed E-state index contributed by atoms with van der Waals surface area (Å²) in [6.07, 6.45) is 0.511. The van der Waals surface area contributed by atoms with Crippen LogP contribution in [0.3, 0.4) is 0 Å². The predicted octanol–water partition coefficient (Wildman–Crippen LogP) is 6.58. The first kappa shape index (κ1) is 39.6. The van der Waals surface area contributed by atoms with Crippen molar-refractivity contribution in [1.82, 2.24) is 10.2 Å². The SMILES string of the molecule is CC(=N)N1C(=N)CN=C(c2ccc(Cl)cc2)c2cc(OCC(=O)NCc3ccc(F)c(C4CCN(C(O)c5cccc(-c6cccc([B]O)c6)c5)CC4)c3)ccc21. The zero-order valence-electron chi connectivity index (χ0n) is 31.4. The van der Waals surface area contributed by atoms with Crippen molar-refractivity contribution in [2.45, 2.75) is 38.5 Å². The van der Waals surface area contributed by atoms with Crippen LogP contribution >= 0.6 is 11.6 Å². The number of hydrogen-bond donors (Lipinski definition) is 5. The van der Waals surface area contributed by atoms with Gasteiger partial charge in [-0.15, -0.1) is 0 Å². The highest BCUT2D eigenvalue weighted by molar-refractivity contribution is 6.45. The second kappa shape index (κ2) is 17.6. The normalized spacial score (nSPS) is 15.3. The van der Waals surface area contributed by atoms with Crippen molar-refractivity contribution in [2.24, 2.45) is 4.99 Å². The second-order valence-corrected chi connectivity index (χ2v) is 14.6. The van der Waals surface area contributed by atoms with Crippen molar-refractivity contribution in [1.29, 1.82) is 10.8 Å². The van der Waals surface area contributed by atoms with Gasteiger partial charge in [-0.2, -0.15) is 0 Å². The Kier molecular flexibility index (Phi) is 12.3. The molecule has 7 rings (SSSR count). The number of rotatable bonds is 11. The Labute approximate surface area is 336 Å². The molecule has 1 amide bonds. The smallest absolute Gasteiger partial charge is 0.326 e. The molecular formula is C44H42BClFN6O4. The first-order valence-corrected chi connectivity index (χ1v) is 19.1. The number of hydrogen-bond acceptors (Lipinski definition) is 8. The number of likely N-dealkylation sites (tertiary alicyclic amines) is 1. The molecule has 5 aromatic rings. The van der Waals surface area contributed by atoms with Crippen molar-refractivity contribution in [2.75, 3.05) is 31.1 Å². The number of nitrogens with zero attached hydrogens (tertiary/aromatic N) is 3. The number of carbonyl (C=O) groups is 1. The van der Waals surface area contributed by atoms with Gasteiger partial charge in [-0.3, -0.25) is 30.4 Å². The van der Waals surface area contributed by atoms with E-state index in [1.807, 2.05) is 71.6 Å². The number of benzene rings is 5. The zero-order chi connectivity index (χ0) is 40.1. The fraction of sp³-hybridized carbons (Fsp3) is 0.227. The number of amidine groups is 2. The molecule has 1 saturated heterocycles. The molecule has 0 saturated carbocycles. The highest BCUT2D eigenvalue weighted by atomic mass is 35.5. The molecule has 1 radical (unpaired) electrons. The van der Waals surface area contributed by atoms with E-state index in [-0.39, 0.29) is 49.0 Å². The van der Waals surface area contributed by atoms with Crippen LogP contribution in [0.5, 0.6) is 5.75 Å². The number of anilines is 1. The Morgan fingerprint density at radius 1 is 0.982 bits per heavy atom. The van der Waals surface area contributed by atoms with E-state index >= 15 is 4.39 Å². The van der Waals surface area contributed by atoms with Crippen molar-refractivity contribution >= 4 is 53.5 Å². The average Bonchev–Trinajstić information content (AvgIpc) is 3.38. The summed E-state index contributed by atoms with van der Waals surface area (Å²) >= 11 is 6.14. The summed E-state index contributed by atoms with van der Waals surface area (Å²) in [5.41, 5.74) is 7.36. The third kappa shape index (κ3) is 9.16. The van der Waals surface area contributed by atoms with E-state index in [0.29, 0.717) is 64.7 Å². The first-order valence-electron chi connectivity index (χ1n) is 18.7. The van der Waals surface area contributed by atoms with Crippen LogP contribution in [0.15, 0.2) is 114 Å². The van der Waals surface area contributed by atoms with E-state index in [1.165, 1.54) is 11.0 Å². The van der Waals surface area contributed by atoms with Gasteiger partial charge in [0, 0.05) is 35.8 Å². The number of carbonyl (C=O) groups excluding carboxylic acids is 1. The molecule has 57 heavy (non-hydrogen) atoms. The molecule has 2 heterocycles. The van der Waals surface area contributed by atoms with Gasteiger partial charge in [0.25, 0.3) is 5.91 Å². The minimum atomic E-state index is -0.813. The lowest BCUT2D eigenvalue weighted by Crippen LogP contribution is -2.36. The maximum absolute atomic E-state index is 15.2. The third-order valence-electron chi connectivity index (χ3n) is 10.4. The van der Waals surface area contributed by atoms with E-state index in [1.54, 1.807) is 43.3 Å². The first-order chi connectivity index (χ1) is 27.6. The molecular weight excluding hydrogens is 742 g/mol. The number of benzodiazepines with no additional fused rings is 1. The quantitative estimate of drug-likeness (QED) is 0.0582. The van der Waals surface area contributed by atoms with Crippen LogP contribution in [-0.2, 0) is 11.3 Å². The topological polar surface area (TPSA) is 145 Å². The van der Waals surface area contributed by atoms with Crippen LogP contribution in [0.1, 0.15) is 59.7 Å². The number of nitrogens with one attached hydrogen (secondary N) is 3. The number of halogens is 2. The summed E-state index contributed by atoms with van der Waals surface area (Å²) in [4.78, 5) is 21.2. The van der Waals surface area contributed by atoms with Crippen LogP contribution < -0.4 is 20.4 Å². The molecule has 0 bridgehead atoms. The molecule has 1 fully saturated rings. The van der Waals surface area contributed by atoms with Crippen LogP contribution in [0.4, 0.5) is 10.1 Å². The highest BCUT2D eigenvalue weighted by Crippen LogP contribution is 2.35. The molecule has 5 aromatic carbocycles. The Balaban J connectivity index is 0.958. The summed E-state index contributed by atoms with van der Waals surface area (Å²) in [6.45, 7) is 2.78. The van der Waals surface area contributed by atoms with Gasteiger partial charge in [0.1, 0.15) is 29.5 Å². The predicted molar refractivity (Wildman–Crippen MR) is 224 cm³/mol. The van der Waals surface area contributed by atoms with Crippen LogP contribution in [0.2, 0.25) is 5.02 Å².